The molecule has 0 fully saturated rings. The van der Waals surface area contributed by atoms with Crippen molar-refractivity contribution >= 4 is 11.6 Å². The van der Waals surface area contributed by atoms with Crippen molar-refractivity contribution in [2.24, 2.45) is 5.73 Å². The topological polar surface area (TPSA) is 81.6 Å². The molecule has 2 aromatic heterocycles. The van der Waals surface area contributed by atoms with E-state index in [0.29, 0.717) is 35.6 Å². The lowest BCUT2D eigenvalue weighted by Gasteiger charge is -2.24. The summed E-state index contributed by atoms with van der Waals surface area (Å²) in [6.07, 6.45) is 2.48. The van der Waals surface area contributed by atoms with Crippen molar-refractivity contribution in [2.45, 2.75) is 45.8 Å². The van der Waals surface area contributed by atoms with E-state index >= 15 is 0 Å². The molecule has 9 heteroatoms. The van der Waals surface area contributed by atoms with Crippen LogP contribution in [0.4, 0.5) is 13.2 Å². The Kier molecular flexibility index (Phi) is 7.08. The van der Waals surface area contributed by atoms with E-state index in [4.69, 9.17) is 10.5 Å². The number of nitrogens with one attached hydrogen (secondary N) is 1. The Morgan fingerprint density at radius 1 is 1.28 bits per heavy atom. The standard InChI is InChI=1S/C23H27F3N4O2/c1-14-10-19(32-12-16-17(25)6-4-7-18(16)26)21-29-15(2)20(30(21)11-14)22(31)28-13-23(3,27)8-5-9-24/h4,6-7,10-11H,5,8-9,12-13,27H2,1-3H3,(H,28,31). The molecule has 0 aliphatic rings. The number of nitrogens with two attached hydrogens (primary N) is 1. The summed E-state index contributed by atoms with van der Waals surface area (Å²) in [6, 6.07) is 5.30. The van der Waals surface area contributed by atoms with Gasteiger partial charge in [0.2, 0.25) is 0 Å². The van der Waals surface area contributed by atoms with Gasteiger partial charge in [-0.3, -0.25) is 13.6 Å². The van der Waals surface area contributed by atoms with Gasteiger partial charge in [0.25, 0.3) is 5.91 Å². The number of halogens is 3. The van der Waals surface area contributed by atoms with Crippen LogP contribution in [0.25, 0.3) is 5.65 Å². The van der Waals surface area contributed by atoms with Crippen LogP contribution in [0, 0.1) is 25.5 Å². The first-order chi connectivity index (χ1) is 15.1. The summed E-state index contributed by atoms with van der Waals surface area (Å²) >= 11 is 0. The molecule has 1 amide bonds. The average molecular weight is 448 g/mol. The Morgan fingerprint density at radius 3 is 2.62 bits per heavy atom. The van der Waals surface area contributed by atoms with Crippen molar-refractivity contribution in [3.63, 3.8) is 0 Å². The summed E-state index contributed by atoms with van der Waals surface area (Å²) in [5.41, 5.74) is 7.07. The minimum atomic E-state index is -0.746. The first-order valence-corrected chi connectivity index (χ1v) is 10.3. The zero-order valence-electron chi connectivity index (χ0n) is 18.3. The molecule has 0 spiro atoms. The predicted octanol–water partition coefficient (Wildman–Crippen LogP) is 4.01. The van der Waals surface area contributed by atoms with Gasteiger partial charge in [-0.25, -0.2) is 13.8 Å². The van der Waals surface area contributed by atoms with Crippen LogP contribution in [0.2, 0.25) is 0 Å². The molecule has 2 heterocycles. The number of nitrogens with zero attached hydrogens (tertiary/aromatic N) is 2. The number of imidazole rings is 1. The lowest BCUT2D eigenvalue weighted by molar-refractivity contribution is 0.0937. The molecular formula is C23H27F3N4O2. The Morgan fingerprint density at radius 2 is 1.97 bits per heavy atom. The number of ether oxygens (including phenoxy) is 1. The minimum Gasteiger partial charge on any atom is -0.485 e. The quantitative estimate of drug-likeness (QED) is 0.518. The van der Waals surface area contributed by atoms with Gasteiger partial charge < -0.3 is 15.8 Å². The molecule has 1 atom stereocenters. The summed E-state index contributed by atoms with van der Waals surface area (Å²) < 4.78 is 47.7. The van der Waals surface area contributed by atoms with Crippen LogP contribution in [0.5, 0.6) is 5.75 Å². The van der Waals surface area contributed by atoms with Gasteiger partial charge in [0.1, 0.15) is 23.9 Å². The highest BCUT2D eigenvalue weighted by Crippen LogP contribution is 2.26. The van der Waals surface area contributed by atoms with E-state index in [9.17, 15) is 18.0 Å². The van der Waals surface area contributed by atoms with Gasteiger partial charge in [0, 0.05) is 18.3 Å². The number of carbonyl (C=O) groups excluding carboxylic acids is 1. The van der Waals surface area contributed by atoms with Crippen molar-refractivity contribution in [2.75, 3.05) is 13.2 Å². The number of carbonyl (C=O) groups is 1. The van der Waals surface area contributed by atoms with Gasteiger partial charge in [-0.1, -0.05) is 6.07 Å². The van der Waals surface area contributed by atoms with E-state index in [1.807, 2.05) is 0 Å². The first kappa shape index (κ1) is 23.6. The summed E-state index contributed by atoms with van der Waals surface area (Å²) in [4.78, 5) is 17.3. The Bertz CT molecular complexity index is 1110. The van der Waals surface area contributed by atoms with Crippen LogP contribution >= 0.6 is 0 Å². The number of amides is 1. The van der Waals surface area contributed by atoms with Crippen molar-refractivity contribution < 1.29 is 22.7 Å². The zero-order valence-corrected chi connectivity index (χ0v) is 18.3. The maximum absolute atomic E-state index is 14.0. The van der Waals surface area contributed by atoms with Crippen LogP contribution in [0.15, 0.2) is 30.5 Å². The van der Waals surface area contributed by atoms with Gasteiger partial charge >= 0.3 is 0 Å². The molecule has 6 nitrogen and oxygen atoms in total. The average Bonchev–Trinajstić information content (AvgIpc) is 3.06. The van der Waals surface area contributed by atoms with E-state index in [0.717, 1.165) is 17.7 Å². The van der Waals surface area contributed by atoms with Crippen LogP contribution < -0.4 is 15.8 Å². The third kappa shape index (κ3) is 5.21. The summed E-state index contributed by atoms with van der Waals surface area (Å²) in [5, 5.41) is 2.79. The van der Waals surface area contributed by atoms with Crippen LogP contribution in [0.1, 0.15) is 47.1 Å². The number of rotatable bonds is 9. The predicted molar refractivity (Wildman–Crippen MR) is 115 cm³/mol. The number of hydrogen-bond acceptors (Lipinski definition) is 4. The fraction of sp³-hybridized carbons (Fsp3) is 0.391. The van der Waals surface area contributed by atoms with Gasteiger partial charge in [0.15, 0.2) is 11.4 Å². The summed E-state index contributed by atoms with van der Waals surface area (Å²) in [6.45, 7) is 4.61. The highest BCUT2D eigenvalue weighted by molar-refractivity contribution is 5.95. The second-order valence-corrected chi connectivity index (χ2v) is 8.24. The molecular weight excluding hydrogens is 421 g/mol. The van der Waals surface area contributed by atoms with E-state index in [1.165, 1.54) is 6.07 Å². The van der Waals surface area contributed by atoms with Crippen molar-refractivity contribution in [1.29, 1.82) is 0 Å². The second kappa shape index (κ2) is 9.60. The monoisotopic (exact) mass is 448 g/mol. The Hall–Kier alpha value is -3.07. The van der Waals surface area contributed by atoms with E-state index in [1.54, 1.807) is 37.4 Å². The molecule has 1 aromatic carbocycles. The summed E-state index contributed by atoms with van der Waals surface area (Å²) in [7, 11) is 0. The number of fused-ring (bicyclic) bond motifs is 1. The van der Waals surface area contributed by atoms with Crippen molar-refractivity contribution in [3.05, 3.63) is 64.6 Å². The van der Waals surface area contributed by atoms with Gasteiger partial charge in [0.05, 0.1) is 17.9 Å². The molecule has 0 aliphatic carbocycles. The normalized spacial score (nSPS) is 13.2. The molecule has 3 rings (SSSR count). The maximum atomic E-state index is 14.0. The summed E-state index contributed by atoms with van der Waals surface area (Å²) in [5.74, 6) is -1.50. The lowest BCUT2D eigenvalue weighted by Crippen LogP contribution is -2.48. The molecule has 0 saturated carbocycles. The molecule has 1 unspecified atom stereocenters. The van der Waals surface area contributed by atoms with Gasteiger partial charge in [-0.15, -0.1) is 0 Å². The fourth-order valence-corrected chi connectivity index (χ4v) is 3.48. The van der Waals surface area contributed by atoms with Crippen molar-refractivity contribution in [1.82, 2.24) is 14.7 Å². The van der Waals surface area contributed by atoms with Crippen LogP contribution in [-0.2, 0) is 6.61 Å². The minimum absolute atomic E-state index is 0.167. The number of aryl methyl sites for hydroxylation is 2. The number of pyridine rings is 1. The SMILES string of the molecule is Cc1cc(OCc2c(F)cccc2F)c2nc(C)c(C(=O)NCC(C)(N)CCCF)n2c1. The van der Waals surface area contributed by atoms with E-state index in [2.05, 4.69) is 10.3 Å². The number of benzene rings is 1. The third-order valence-corrected chi connectivity index (χ3v) is 5.18. The van der Waals surface area contributed by atoms with Crippen LogP contribution in [0.3, 0.4) is 0 Å². The zero-order chi connectivity index (χ0) is 23.5. The molecule has 0 radical (unpaired) electrons. The first-order valence-electron chi connectivity index (χ1n) is 10.3. The smallest absolute Gasteiger partial charge is 0.270 e. The van der Waals surface area contributed by atoms with Crippen molar-refractivity contribution in [3.8, 4) is 5.75 Å². The molecule has 172 valence electrons. The number of aromatic nitrogens is 2. The third-order valence-electron chi connectivity index (χ3n) is 5.18. The van der Waals surface area contributed by atoms with E-state index < -0.39 is 23.8 Å². The Balaban J connectivity index is 1.86. The molecule has 0 aliphatic heterocycles. The van der Waals surface area contributed by atoms with Gasteiger partial charge in [-0.05, 0) is 57.4 Å². The number of hydrogen-bond donors (Lipinski definition) is 2. The maximum Gasteiger partial charge on any atom is 0.270 e. The Labute approximate surface area is 184 Å². The molecule has 0 saturated heterocycles. The van der Waals surface area contributed by atoms with Crippen LogP contribution in [-0.4, -0.2) is 34.1 Å². The van der Waals surface area contributed by atoms with E-state index in [-0.39, 0.29) is 24.6 Å². The second-order valence-electron chi connectivity index (χ2n) is 8.24. The molecule has 3 aromatic rings. The largest absolute Gasteiger partial charge is 0.485 e. The van der Waals surface area contributed by atoms with Gasteiger partial charge in [-0.2, -0.15) is 0 Å². The fourth-order valence-electron chi connectivity index (χ4n) is 3.48. The molecule has 32 heavy (non-hydrogen) atoms. The molecule has 0 bridgehead atoms. The lowest BCUT2D eigenvalue weighted by atomic mass is 9.97. The number of alkyl halides is 1. The highest BCUT2D eigenvalue weighted by atomic mass is 19.1. The molecule has 3 N–H and O–H groups in total. The highest BCUT2D eigenvalue weighted by Gasteiger charge is 2.23.